The Morgan fingerprint density at radius 2 is 2.14 bits per heavy atom. The molecule has 0 aliphatic carbocycles. The van der Waals surface area contributed by atoms with Crippen molar-refractivity contribution in [1.29, 1.82) is 0 Å². The minimum atomic E-state index is -0.791. The number of benzene rings is 1. The van der Waals surface area contributed by atoms with Crippen LogP contribution in [-0.2, 0) is 9.59 Å². The molecule has 1 amide bonds. The van der Waals surface area contributed by atoms with Crippen LogP contribution in [0.15, 0.2) is 18.2 Å². The summed E-state index contributed by atoms with van der Waals surface area (Å²) in [6.45, 7) is 1.55. The van der Waals surface area contributed by atoms with E-state index < -0.39 is 5.97 Å². The second kappa shape index (κ2) is 6.23. The number of rotatable bonds is 4. The molecule has 7 nitrogen and oxygen atoms in total. The molecule has 1 aromatic carbocycles. The molecular weight excluding hydrogens is 288 g/mol. The van der Waals surface area contributed by atoms with Gasteiger partial charge in [0.05, 0.1) is 12.5 Å². The molecule has 1 saturated heterocycles. The number of nitrogens with one attached hydrogen (secondary N) is 1. The monoisotopic (exact) mass is 306 g/mol. The highest BCUT2D eigenvalue weighted by Crippen LogP contribution is 2.34. The number of anilines is 1. The van der Waals surface area contributed by atoms with Crippen LogP contribution < -0.4 is 14.8 Å². The number of likely N-dealkylation sites (tertiary alicyclic amines) is 1. The van der Waals surface area contributed by atoms with Gasteiger partial charge in [0.2, 0.25) is 12.7 Å². The highest BCUT2D eigenvalue weighted by molar-refractivity contribution is 5.92. The highest BCUT2D eigenvalue weighted by Gasteiger charge is 2.26. The SMILES string of the molecule is O=C(CN1CCCC(C(=O)O)C1)Nc1ccc2c(c1)OCO2. The van der Waals surface area contributed by atoms with E-state index in [0.717, 1.165) is 13.0 Å². The molecule has 7 heteroatoms. The average molecular weight is 306 g/mol. The number of hydrogen-bond acceptors (Lipinski definition) is 5. The molecular formula is C15H18N2O5. The molecule has 1 fully saturated rings. The van der Waals surface area contributed by atoms with Gasteiger partial charge >= 0.3 is 5.97 Å². The first kappa shape index (κ1) is 14.6. The maximum absolute atomic E-state index is 12.1. The normalized spacial score (nSPS) is 20.6. The number of aliphatic carboxylic acids is 1. The molecule has 22 heavy (non-hydrogen) atoms. The topological polar surface area (TPSA) is 88.1 Å². The number of hydrogen-bond donors (Lipinski definition) is 2. The van der Waals surface area contributed by atoms with Crippen LogP contribution >= 0.6 is 0 Å². The number of nitrogens with zero attached hydrogens (tertiary/aromatic N) is 1. The lowest BCUT2D eigenvalue weighted by molar-refractivity contribution is -0.144. The first-order valence-corrected chi connectivity index (χ1v) is 7.26. The molecule has 1 unspecified atom stereocenters. The third-order valence-corrected chi connectivity index (χ3v) is 3.88. The van der Waals surface area contributed by atoms with Gasteiger partial charge in [-0.15, -0.1) is 0 Å². The molecule has 0 spiro atoms. The van der Waals surface area contributed by atoms with Crippen molar-refractivity contribution in [2.24, 2.45) is 5.92 Å². The second-order valence-electron chi connectivity index (χ2n) is 5.53. The van der Waals surface area contributed by atoms with E-state index in [1.165, 1.54) is 0 Å². The molecule has 3 rings (SSSR count). The second-order valence-corrected chi connectivity index (χ2v) is 5.53. The summed E-state index contributed by atoms with van der Waals surface area (Å²) >= 11 is 0. The van der Waals surface area contributed by atoms with Gasteiger partial charge in [0, 0.05) is 18.3 Å². The Morgan fingerprint density at radius 1 is 1.32 bits per heavy atom. The highest BCUT2D eigenvalue weighted by atomic mass is 16.7. The summed E-state index contributed by atoms with van der Waals surface area (Å²) in [6.07, 6.45) is 1.48. The lowest BCUT2D eigenvalue weighted by Gasteiger charge is -2.29. The first-order valence-electron chi connectivity index (χ1n) is 7.26. The van der Waals surface area contributed by atoms with Gasteiger partial charge in [-0.05, 0) is 31.5 Å². The van der Waals surface area contributed by atoms with Crippen molar-refractivity contribution in [2.75, 3.05) is 31.7 Å². The van der Waals surface area contributed by atoms with Crippen molar-refractivity contribution < 1.29 is 24.2 Å². The van der Waals surface area contributed by atoms with Crippen LogP contribution in [0.4, 0.5) is 5.69 Å². The smallest absolute Gasteiger partial charge is 0.307 e. The standard InChI is InChI=1S/C15H18N2O5/c18-14(8-17-5-1-2-10(7-17)15(19)20)16-11-3-4-12-13(6-11)22-9-21-12/h3-4,6,10H,1-2,5,7-9H2,(H,16,18)(H,19,20). The lowest BCUT2D eigenvalue weighted by Crippen LogP contribution is -2.42. The van der Waals surface area contributed by atoms with Gasteiger partial charge < -0.3 is 19.9 Å². The van der Waals surface area contributed by atoms with Crippen LogP contribution in [0.1, 0.15) is 12.8 Å². The number of ether oxygens (including phenoxy) is 2. The van der Waals surface area contributed by atoms with Crippen LogP contribution in [0, 0.1) is 5.92 Å². The largest absolute Gasteiger partial charge is 0.481 e. The van der Waals surface area contributed by atoms with Gasteiger partial charge in [0.25, 0.3) is 0 Å². The minimum absolute atomic E-state index is 0.162. The molecule has 2 heterocycles. The van der Waals surface area contributed by atoms with E-state index in [0.29, 0.717) is 30.2 Å². The number of fused-ring (bicyclic) bond motifs is 1. The fourth-order valence-corrected chi connectivity index (χ4v) is 2.78. The van der Waals surface area contributed by atoms with Gasteiger partial charge in [-0.2, -0.15) is 0 Å². The predicted octanol–water partition coefficient (Wildman–Crippen LogP) is 1.15. The van der Waals surface area contributed by atoms with E-state index in [-0.39, 0.29) is 25.2 Å². The Labute approximate surface area is 127 Å². The number of carbonyl (C=O) groups is 2. The van der Waals surface area contributed by atoms with Crippen molar-refractivity contribution in [3.63, 3.8) is 0 Å². The van der Waals surface area contributed by atoms with Crippen LogP contribution in [-0.4, -0.2) is 48.3 Å². The molecule has 118 valence electrons. The lowest BCUT2D eigenvalue weighted by atomic mass is 9.98. The maximum Gasteiger partial charge on any atom is 0.307 e. The fourth-order valence-electron chi connectivity index (χ4n) is 2.78. The Kier molecular flexibility index (Phi) is 4.15. The molecule has 2 N–H and O–H groups in total. The summed E-state index contributed by atoms with van der Waals surface area (Å²) in [7, 11) is 0. The summed E-state index contributed by atoms with van der Waals surface area (Å²) in [4.78, 5) is 25.0. The van der Waals surface area contributed by atoms with Crippen LogP contribution in [0.25, 0.3) is 0 Å². The molecule has 0 saturated carbocycles. The Hall–Kier alpha value is -2.28. The number of amides is 1. The summed E-state index contributed by atoms with van der Waals surface area (Å²) < 4.78 is 10.5. The Morgan fingerprint density at radius 3 is 2.95 bits per heavy atom. The van der Waals surface area contributed by atoms with E-state index >= 15 is 0 Å². The molecule has 2 aliphatic rings. The molecule has 1 aromatic rings. The van der Waals surface area contributed by atoms with Crippen LogP contribution in [0.2, 0.25) is 0 Å². The van der Waals surface area contributed by atoms with Crippen molar-refractivity contribution in [2.45, 2.75) is 12.8 Å². The fraction of sp³-hybridized carbons (Fsp3) is 0.467. The zero-order chi connectivity index (χ0) is 15.5. The van der Waals surface area contributed by atoms with Crippen molar-refractivity contribution >= 4 is 17.6 Å². The van der Waals surface area contributed by atoms with Crippen molar-refractivity contribution in [3.8, 4) is 11.5 Å². The molecule has 0 aromatic heterocycles. The third kappa shape index (κ3) is 3.30. The van der Waals surface area contributed by atoms with Crippen molar-refractivity contribution in [1.82, 2.24) is 4.90 Å². The number of carboxylic acid groups (broad SMARTS) is 1. The summed E-state index contributed by atoms with van der Waals surface area (Å²) in [5.41, 5.74) is 0.640. The zero-order valence-corrected chi connectivity index (χ0v) is 12.1. The quantitative estimate of drug-likeness (QED) is 0.867. The Bertz CT molecular complexity index is 589. The van der Waals surface area contributed by atoms with Crippen LogP contribution in [0.3, 0.4) is 0 Å². The number of carbonyl (C=O) groups excluding carboxylic acids is 1. The van der Waals surface area contributed by atoms with E-state index in [9.17, 15) is 9.59 Å². The van der Waals surface area contributed by atoms with E-state index in [2.05, 4.69) is 5.32 Å². The van der Waals surface area contributed by atoms with Gasteiger partial charge in [-0.25, -0.2) is 0 Å². The van der Waals surface area contributed by atoms with Gasteiger partial charge in [-0.3, -0.25) is 14.5 Å². The first-order chi connectivity index (χ1) is 10.6. The molecule has 0 radical (unpaired) electrons. The third-order valence-electron chi connectivity index (χ3n) is 3.88. The summed E-state index contributed by atoms with van der Waals surface area (Å²) in [5, 5.41) is 11.9. The Balaban J connectivity index is 1.55. The van der Waals surface area contributed by atoms with Crippen LogP contribution in [0.5, 0.6) is 11.5 Å². The predicted molar refractivity (Wildman–Crippen MR) is 78.0 cm³/mol. The van der Waals surface area contributed by atoms with E-state index in [1.807, 2.05) is 4.90 Å². The maximum atomic E-state index is 12.1. The zero-order valence-electron chi connectivity index (χ0n) is 12.1. The minimum Gasteiger partial charge on any atom is -0.481 e. The molecule has 1 atom stereocenters. The molecule has 0 bridgehead atoms. The summed E-state index contributed by atoms with van der Waals surface area (Å²) in [5.74, 6) is -0.0575. The number of carboxylic acids is 1. The van der Waals surface area contributed by atoms with Crippen molar-refractivity contribution in [3.05, 3.63) is 18.2 Å². The molecule has 2 aliphatic heterocycles. The van der Waals surface area contributed by atoms with Gasteiger partial charge in [0.1, 0.15) is 0 Å². The number of piperidine rings is 1. The summed E-state index contributed by atoms with van der Waals surface area (Å²) in [6, 6.07) is 5.22. The van der Waals surface area contributed by atoms with Gasteiger partial charge in [-0.1, -0.05) is 0 Å². The van der Waals surface area contributed by atoms with Gasteiger partial charge in [0.15, 0.2) is 11.5 Å². The van der Waals surface area contributed by atoms with E-state index in [1.54, 1.807) is 18.2 Å². The van der Waals surface area contributed by atoms with E-state index in [4.69, 9.17) is 14.6 Å². The average Bonchev–Trinajstić information content (AvgIpc) is 2.95.